The predicted molar refractivity (Wildman–Crippen MR) is 124 cm³/mol. The maximum atomic E-state index is 13.9. The third-order valence-electron chi connectivity index (χ3n) is 5.24. The van der Waals surface area contributed by atoms with Gasteiger partial charge >= 0.3 is 0 Å². The number of nitrogens with one attached hydrogen (secondary N) is 1. The lowest BCUT2D eigenvalue weighted by atomic mass is 9.98. The summed E-state index contributed by atoms with van der Waals surface area (Å²) in [5, 5.41) is 3.34. The maximum Gasteiger partial charge on any atom is 0.127 e. The van der Waals surface area contributed by atoms with Gasteiger partial charge in [-0.3, -0.25) is 4.98 Å². The molecule has 2 heterocycles. The van der Waals surface area contributed by atoms with Crippen LogP contribution in [-0.4, -0.2) is 16.5 Å². The summed E-state index contributed by atoms with van der Waals surface area (Å²) in [4.78, 5) is 9.01. The molecule has 0 radical (unpaired) electrons. The van der Waals surface area contributed by atoms with Crippen molar-refractivity contribution in [3.05, 3.63) is 102 Å². The third kappa shape index (κ3) is 4.95. The van der Waals surface area contributed by atoms with Gasteiger partial charge in [0.1, 0.15) is 11.6 Å². The van der Waals surface area contributed by atoms with Crippen LogP contribution in [0.5, 0.6) is 0 Å². The molecule has 5 heteroatoms. The molecule has 0 amide bonds. The van der Waals surface area contributed by atoms with Crippen LogP contribution in [0.1, 0.15) is 23.6 Å². The van der Waals surface area contributed by atoms with E-state index in [4.69, 9.17) is 10.7 Å². The third-order valence-corrected chi connectivity index (χ3v) is 5.24. The molecule has 1 atom stereocenters. The molecule has 3 N–H and O–H groups in total. The molecule has 0 bridgehead atoms. The monoisotopic (exact) mass is 412 g/mol. The Morgan fingerprint density at radius 1 is 0.935 bits per heavy atom. The zero-order valence-electron chi connectivity index (χ0n) is 17.4. The van der Waals surface area contributed by atoms with E-state index in [1.807, 2.05) is 18.2 Å². The number of halogens is 1. The van der Waals surface area contributed by atoms with Gasteiger partial charge in [0.05, 0.1) is 5.69 Å². The number of nitrogens with zero attached hydrogens (tertiary/aromatic N) is 2. The Morgan fingerprint density at radius 3 is 2.52 bits per heavy atom. The molecule has 2 aromatic heterocycles. The van der Waals surface area contributed by atoms with Crippen molar-refractivity contribution in [1.82, 2.24) is 9.97 Å². The van der Waals surface area contributed by atoms with Gasteiger partial charge in [-0.2, -0.15) is 0 Å². The van der Waals surface area contributed by atoms with Gasteiger partial charge in [0, 0.05) is 41.7 Å². The lowest BCUT2D eigenvalue weighted by molar-refractivity contribution is 0.570. The van der Waals surface area contributed by atoms with E-state index >= 15 is 0 Å². The average Bonchev–Trinajstić information content (AvgIpc) is 2.80. The number of pyridine rings is 2. The van der Waals surface area contributed by atoms with Crippen molar-refractivity contribution in [2.24, 2.45) is 5.73 Å². The van der Waals surface area contributed by atoms with Crippen molar-refractivity contribution < 1.29 is 4.39 Å². The summed E-state index contributed by atoms with van der Waals surface area (Å²) in [6.45, 7) is 2.67. The number of hydrogen-bond acceptors (Lipinski definition) is 4. The van der Waals surface area contributed by atoms with Gasteiger partial charge in [0.2, 0.25) is 0 Å². The van der Waals surface area contributed by atoms with Crippen LogP contribution >= 0.6 is 0 Å². The summed E-state index contributed by atoms with van der Waals surface area (Å²) in [6, 6.07) is 22.6. The number of aryl methyl sites for hydroxylation is 1. The highest BCUT2D eigenvalue weighted by Crippen LogP contribution is 2.32. The first-order chi connectivity index (χ1) is 15.1. The number of hydrogen-bond donors (Lipinski definition) is 2. The van der Waals surface area contributed by atoms with Crippen LogP contribution in [0.3, 0.4) is 0 Å². The fourth-order valence-corrected chi connectivity index (χ4v) is 3.62. The molecule has 0 aliphatic rings. The van der Waals surface area contributed by atoms with Gasteiger partial charge < -0.3 is 11.1 Å². The molecule has 0 spiro atoms. The number of nitrogens with two attached hydrogens (primary N) is 1. The smallest absolute Gasteiger partial charge is 0.127 e. The minimum atomic E-state index is -0.375. The molecule has 0 aliphatic heterocycles. The van der Waals surface area contributed by atoms with Gasteiger partial charge in [-0.05, 0) is 49.2 Å². The fourth-order valence-electron chi connectivity index (χ4n) is 3.62. The summed E-state index contributed by atoms with van der Waals surface area (Å²) in [5.41, 5.74) is 12.0. The minimum Gasteiger partial charge on any atom is -0.370 e. The molecule has 0 fully saturated rings. The maximum absolute atomic E-state index is 13.9. The van der Waals surface area contributed by atoms with E-state index in [1.54, 1.807) is 30.6 Å². The predicted octanol–water partition coefficient (Wildman–Crippen LogP) is 5.76. The second-order valence-corrected chi connectivity index (χ2v) is 7.54. The van der Waals surface area contributed by atoms with E-state index in [9.17, 15) is 4.39 Å². The normalized spacial score (nSPS) is 11.8. The van der Waals surface area contributed by atoms with Crippen LogP contribution < -0.4 is 11.1 Å². The number of anilines is 1. The van der Waals surface area contributed by atoms with Gasteiger partial charge in [0.25, 0.3) is 0 Å². The van der Waals surface area contributed by atoms with E-state index in [0.29, 0.717) is 18.5 Å². The van der Waals surface area contributed by atoms with Crippen molar-refractivity contribution in [2.45, 2.75) is 19.4 Å². The average molecular weight is 413 g/mol. The topological polar surface area (TPSA) is 63.8 Å². The highest BCUT2D eigenvalue weighted by molar-refractivity contribution is 5.82. The number of aromatic nitrogens is 2. The van der Waals surface area contributed by atoms with Crippen LogP contribution in [-0.2, 0) is 0 Å². The Bertz CT molecular complexity index is 1160. The molecule has 0 saturated carbocycles. The minimum absolute atomic E-state index is 0.268. The Balaban J connectivity index is 1.56. The summed E-state index contributed by atoms with van der Waals surface area (Å²) in [6.07, 6.45) is 4.13. The summed E-state index contributed by atoms with van der Waals surface area (Å²) in [5.74, 6) is 0.486. The zero-order valence-corrected chi connectivity index (χ0v) is 17.4. The number of rotatable bonds is 7. The molecular weight excluding hydrogens is 387 g/mol. The lowest BCUT2D eigenvalue weighted by Crippen LogP contribution is -2.17. The van der Waals surface area contributed by atoms with Gasteiger partial charge in [-0.1, -0.05) is 48.0 Å². The standard InChI is InChI=1S/C26H25FN4/c1-18-5-4-6-20(17-18)21-9-10-25(31-26(21)19-11-14-29-15-12-19)30-16-13-24(28)22-7-2-3-8-23(22)27/h2-12,14-15,17,24H,13,16,28H2,1H3,(H,30,31). The highest BCUT2D eigenvalue weighted by atomic mass is 19.1. The van der Waals surface area contributed by atoms with Gasteiger partial charge in [-0.25, -0.2) is 9.37 Å². The van der Waals surface area contributed by atoms with E-state index in [2.05, 4.69) is 47.6 Å². The molecule has 156 valence electrons. The van der Waals surface area contributed by atoms with E-state index < -0.39 is 0 Å². The Hall–Kier alpha value is -3.57. The van der Waals surface area contributed by atoms with Crippen LogP contribution in [0.25, 0.3) is 22.4 Å². The number of benzene rings is 2. The molecule has 4 aromatic rings. The van der Waals surface area contributed by atoms with E-state index in [-0.39, 0.29) is 11.9 Å². The van der Waals surface area contributed by atoms with Crippen molar-refractivity contribution in [1.29, 1.82) is 0 Å². The summed E-state index contributed by atoms with van der Waals surface area (Å²) >= 11 is 0. The fraction of sp³-hybridized carbons (Fsp3) is 0.154. The molecule has 1 unspecified atom stereocenters. The first kappa shape index (κ1) is 20.7. The summed E-state index contributed by atoms with van der Waals surface area (Å²) in [7, 11) is 0. The van der Waals surface area contributed by atoms with E-state index in [1.165, 1.54) is 11.6 Å². The molecular formula is C26H25FN4. The van der Waals surface area contributed by atoms with Crippen LogP contribution in [0.4, 0.5) is 10.2 Å². The van der Waals surface area contributed by atoms with Crippen molar-refractivity contribution in [3.8, 4) is 22.4 Å². The Kier molecular flexibility index (Phi) is 6.34. The first-order valence-corrected chi connectivity index (χ1v) is 10.3. The highest BCUT2D eigenvalue weighted by Gasteiger charge is 2.13. The van der Waals surface area contributed by atoms with Crippen molar-refractivity contribution in [2.75, 3.05) is 11.9 Å². The van der Waals surface area contributed by atoms with Gasteiger partial charge in [-0.15, -0.1) is 0 Å². The van der Waals surface area contributed by atoms with Crippen molar-refractivity contribution >= 4 is 5.82 Å². The largest absolute Gasteiger partial charge is 0.370 e. The van der Waals surface area contributed by atoms with Crippen LogP contribution in [0.15, 0.2) is 85.2 Å². The first-order valence-electron chi connectivity index (χ1n) is 10.3. The SMILES string of the molecule is Cc1cccc(-c2ccc(NCCC(N)c3ccccc3F)nc2-c2ccncc2)c1. The van der Waals surface area contributed by atoms with Crippen LogP contribution in [0, 0.1) is 12.7 Å². The lowest BCUT2D eigenvalue weighted by Gasteiger charge is -2.15. The summed E-state index contributed by atoms with van der Waals surface area (Å²) < 4.78 is 13.9. The zero-order chi connectivity index (χ0) is 21.6. The molecule has 4 nitrogen and oxygen atoms in total. The molecule has 31 heavy (non-hydrogen) atoms. The second-order valence-electron chi connectivity index (χ2n) is 7.54. The molecule has 4 rings (SSSR count). The molecule has 0 saturated heterocycles. The Morgan fingerprint density at radius 2 is 1.74 bits per heavy atom. The Labute approximate surface area is 182 Å². The van der Waals surface area contributed by atoms with Crippen LogP contribution in [0.2, 0.25) is 0 Å². The van der Waals surface area contributed by atoms with Gasteiger partial charge in [0.15, 0.2) is 0 Å². The van der Waals surface area contributed by atoms with Crippen molar-refractivity contribution in [3.63, 3.8) is 0 Å². The van der Waals surface area contributed by atoms with E-state index in [0.717, 1.165) is 28.2 Å². The molecule has 2 aromatic carbocycles. The molecule has 0 aliphatic carbocycles. The quantitative estimate of drug-likeness (QED) is 0.405. The second kappa shape index (κ2) is 9.49.